The van der Waals surface area contributed by atoms with Crippen LogP contribution in [0.3, 0.4) is 0 Å². The fourth-order valence-corrected chi connectivity index (χ4v) is 2.80. The Balaban J connectivity index is 2.23. The number of carboxylic acid groups (broad SMARTS) is 1. The van der Waals surface area contributed by atoms with Gasteiger partial charge >= 0.3 is 11.9 Å². The van der Waals surface area contributed by atoms with Gasteiger partial charge in [0, 0.05) is 13.6 Å². The summed E-state index contributed by atoms with van der Waals surface area (Å²) in [7, 11) is 1.28. The molecule has 156 valence electrons. The highest BCUT2D eigenvalue weighted by molar-refractivity contribution is 6.32. The topological polar surface area (TPSA) is 148 Å². The lowest BCUT2D eigenvalue weighted by molar-refractivity contribution is -0.150. The number of carbonyl (C=O) groups excluding carboxylic acids is 3. The van der Waals surface area contributed by atoms with Gasteiger partial charge in [-0.3, -0.25) is 24.3 Å². The quantitative estimate of drug-likeness (QED) is 0.460. The van der Waals surface area contributed by atoms with Crippen LogP contribution in [-0.4, -0.2) is 69.4 Å². The third-order valence-corrected chi connectivity index (χ3v) is 4.29. The monoisotopic (exact) mass is 408 g/mol. The Morgan fingerprint density at radius 2 is 1.83 bits per heavy atom. The molecule has 2 atom stereocenters. The largest absolute Gasteiger partial charge is 0.474 e. The summed E-state index contributed by atoms with van der Waals surface area (Å²) in [6, 6.07) is 3.87. The number of nitrogens with one attached hydrogen (secondary N) is 2. The van der Waals surface area contributed by atoms with Crippen molar-refractivity contribution in [1.82, 2.24) is 15.5 Å². The molecule has 0 spiro atoms. The summed E-state index contributed by atoms with van der Waals surface area (Å²) in [5.74, 6) is -5.17. The highest BCUT2D eigenvalue weighted by atomic mass is 19.1. The molecule has 4 N–H and O–H groups in total. The van der Waals surface area contributed by atoms with Crippen molar-refractivity contribution in [2.75, 3.05) is 7.05 Å². The van der Waals surface area contributed by atoms with Gasteiger partial charge in [-0.2, -0.15) is 0 Å². The van der Waals surface area contributed by atoms with Crippen LogP contribution >= 0.6 is 0 Å². The summed E-state index contributed by atoms with van der Waals surface area (Å²) in [6.07, 6.45) is -1.76. The number of amides is 3. The van der Waals surface area contributed by atoms with Crippen molar-refractivity contribution in [3.63, 3.8) is 0 Å². The van der Waals surface area contributed by atoms with E-state index in [0.29, 0.717) is 5.56 Å². The van der Waals surface area contributed by atoms with Crippen molar-refractivity contribution >= 4 is 29.5 Å². The number of rotatable bonds is 5. The van der Waals surface area contributed by atoms with E-state index in [0.717, 1.165) is 4.90 Å². The van der Waals surface area contributed by atoms with E-state index in [2.05, 4.69) is 15.6 Å². The number of carboxylic acids is 1. The van der Waals surface area contributed by atoms with Crippen LogP contribution in [0.5, 0.6) is 0 Å². The summed E-state index contributed by atoms with van der Waals surface area (Å²) < 4.78 is 13.0. The molecule has 0 saturated heterocycles. The van der Waals surface area contributed by atoms with Gasteiger partial charge in [-0.1, -0.05) is 12.1 Å². The lowest BCUT2D eigenvalue weighted by Gasteiger charge is -2.38. The van der Waals surface area contributed by atoms with Gasteiger partial charge in [0.25, 0.3) is 5.91 Å². The Labute approximate surface area is 165 Å². The second-order valence-corrected chi connectivity index (χ2v) is 6.97. The average molecular weight is 408 g/mol. The summed E-state index contributed by atoms with van der Waals surface area (Å²) in [5.41, 5.74) is -0.832. The third kappa shape index (κ3) is 4.93. The predicted molar refractivity (Wildman–Crippen MR) is 98.1 cm³/mol. The first-order valence-corrected chi connectivity index (χ1v) is 8.55. The smallest absolute Gasteiger partial charge is 0.394 e. The lowest BCUT2D eigenvalue weighted by atomic mass is 9.97. The zero-order valence-corrected chi connectivity index (χ0v) is 16.0. The van der Waals surface area contributed by atoms with E-state index in [1.807, 2.05) is 0 Å². The number of aliphatic carboxylic acids is 1. The third-order valence-electron chi connectivity index (χ3n) is 4.29. The molecular formula is C18H21FN4O6. The predicted octanol–water partition coefficient (Wildman–Crippen LogP) is -0.979. The SMILES string of the molecule is CN1C(=O)C(O)C(C(=O)NCc2ccc(F)cc2)N=C1C(C)(C)NC(=O)C(=O)O. The van der Waals surface area contributed by atoms with Crippen LogP contribution < -0.4 is 10.6 Å². The first kappa shape index (κ1) is 22.0. The highest BCUT2D eigenvalue weighted by Gasteiger charge is 2.44. The van der Waals surface area contributed by atoms with Crippen molar-refractivity contribution in [2.45, 2.75) is 38.1 Å². The van der Waals surface area contributed by atoms with Gasteiger partial charge in [0.15, 0.2) is 12.1 Å². The zero-order chi connectivity index (χ0) is 21.9. The second kappa shape index (κ2) is 8.35. The molecule has 2 unspecified atom stereocenters. The fraction of sp³-hybridized carbons (Fsp3) is 0.389. The van der Waals surface area contributed by atoms with E-state index in [9.17, 15) is 28.7 Å². The normalized spacial score (nSPS) is 19.4. The minimum absolute atomic E-state index is 0.0103. The van der Waals surface area contributed by atoms with Gasteiger partial charge in [-0.15, -0.1) is 0 Å². The maximum atomic E-state index is 13.0. The van der Waals surface area contributed by atoms with Crippen LogP contribution in [0.4, 0.5) is 4.39 Å². The second-order valence-electron chi connectivity index (χ2n) is 6.97. The molecule has 0 aliphatic carbocycles. The van der Waals surface area contributed by atoms with Gasteiger partial charge in [-0.25, -0.2) is 9.18 Å². The standard InChI is InChI=1S/C18H21FN4O6/c1-18(2,22-14(26)16(28)29)17-21-11(12(24)15(27)23(17)3)13(25)20-8-9-4-6-10(19)7-5-9/h4-7,11-12,24H,8H2,1-3H3,(H,20,25)(H,22,26)(H,28,29). The number of carbonyl (C=O) groups is 4. The summed E-state index contributed by atoms with van der Waals surface area (Å²) >= 11 is 0. The van der Waals surface area contributed by atoms with Crippen molar-refractivity contribution < 1.29 is 33.8 Å². The van der Waals surface area contributed by atoms with Crippen LogP contribution in [0.1, 0.15) is 19.4 Å². The molecule has 0 bridgehead atoms. The van der Waals surface area contributed by atoms with E-state index in [4.69, 9.17) is 5.11 Å². The maximum absolute atomic E-state index is 13.0. The Hall–Kier alpha value is -3.34. The molecule has 1 aliphatic heterocycles. The number of likely N-dealkylation sites (N-methyl/N-ethyl adjacent to an activating group) is 1. The first-order valence-electron chi connectivity index (χ1n) is 8.55. The summed E-state index contributed by atoms with van der Waals surface area (Å²) in [6.45, 7) is 2.82. The van der Waals surface area contributed by atoms with Gasteiger partial charge in [-0.05, 0) is 31.5 Å². The average Bonchev–Trinajstić information content (AvgIpc) is 2.65. The molecule has 1 aromatic rings. The van der Waals surface area contributed by atoms with E-state index in [1.165, 1.54) is 45.2 Å². The number of aliphatic hydroxyl groups excluding tert-OH is 1. The number of aliphatic imine (C=N–C) groups is 1. The number of aliphatic hydroxyl groups is 1. The van der Waals surface area contributed by atoms with Gasteiger partial charge < -0.3 is 20.8 Å². The molecule has 0 aromatic heterocycles. The van der Waals surface area contributed by atoms with E-state index in [-0.39, 0.29) is 12.4 Å². The van der Waals surface area contributed by atoms with Crippen LogP contribution in [0.2, 0.25) is 0 Å². The van der Waals surface area contributed by atoms with Gasteiger partial charge in [0.05, 0.1) is 5.54 Å². The molecule has 10 nitrogen and oxygen atoms in total. The molecule has 1 heterocycles. The Bertz CT molecular complexity index is 868. The Morgan fingerprint density at radius 1 is 1.24 bits per heavy atom. The molecule has 3 amide bonds. The van der Waals surface area contributed by atoms with Crippen molar-refractivity contribution in [3.8, 4) is 0 Å². The molecule has 0 radical (unpaired) electrons. The van der Waals surface area contributed by atoms with E-state index < -0.39 is 47.2 Å². The van der Waals surface area contributed by atoms with Crippen LogP contribution in [0.15, 0.2) is 29.3 Å². The maximum Gasteiger partial charge on any atom is 0.394 e. The number of nitrogens with zero attached hydrogens (tertiary/aromatic N) is 2. The Kier molecular flexibility index (Phi) is 6.32. The first-order chi connectivity index (χ1) is 13.4. The van der Waals surface area contributed by atoms with E-state index >= 15 is 0 Å². The zero-order valence-electron chi connectivity index (χ0n) is 16.0. The minimum atomic E-state index is -1.76. The van der Waals surface area contributed by atoms with Crippen molar-refractivity contribution in [1.29, 1.82) is 0 Å². The molecule has 2 rings (SSSR count). The van der Waals surface area contributed by atoms with Crippen LogP contribution in [0, 0.1) is 5.82 Å². The molecule has 1 aromatic carbocycles. The Morgan fingerprint density at radius 3 is 2.38 bits per heavy atom. The van der Waals surface area contributed by atoms with Crippen molar-refractivity contribution in [2.24, 2.45) is 4.99 Å². The molecular weight excluding hydrogens is 387 g/mol. The number of amidine groups is 1. The van der Waals surface area contributed by atoms with Gasteiger partial charge in [0.2, 0.25) is 5.91 Å². The van der Waals surface area contributed by atoms with E-state index in [1.54, 1.807) is 0 Å². The minimum Gasteiger partial charge on any atom is -0.474 e. The van der Waals surface area contributed by atoms with Gasteiger partial charge in [0.1, 0.15) is 11.7 Å². The number of hydrogen-bond acceptors (Lipinski definition) is 6. The molecule has 0 saturated carbocycles. The summed E-state index contributed by atoms with van der Waals surface area (Å²) in [4.78, 5) is 52.3. The number of halogens is 1. The lowest BCUT2D eigenvalue weighted by Crippen LogP contribution is -2.63. The fourth-order valence-electron chi connectivity index (χ4n) is 2.80. The summed E-state index contributed by atoms with van der Waals surface area (Å²) in [5, 5.41) is 23.7. The molecule has 1 aliphatic rings. The van der Waals surface area contributed by atoms with Crippen LogP contribution in [-0.2, 0) is 25.7 Å². The molecule has 29 heavy (non-hydrogen) atoms. The molecule has 11 heteroatoms. The van der Waals surface area contributed by atoms with Crippen molar-refractivity contribution in [3.05, 3.63) is 35.6 Å². The highest BCUT2D eigenvalue weighted by Crippen LogP contribution is 2.19. The van der Waals surface area contributed by atoms with Crippen LogP contribution in [0.25, 0.3) is 0 Å². The number of hydrogen-bond donors (Lipinski definition) is 4. The molecule has 0 fully saturated rings. The number of benzene rings is 1.